The van der Waals surface area contributed by atoms with Crippen molar-refractivity contribution >= 4 is 15.9 Å². The Morgan fingerprint density at radius 2 is 1.68 bits per heavy atom. The Hall–Kier alpha value is -2.26. The van der Waals surface area contributed by atoms with Crippen molar-refractivity contribution in [1.29, 1.82) is 0 Å². The van der Waals surface area contributed by atoms with Gasteiger partial charge in [-0.1, -0.05) is 48.0 Å². The first-order valence-corrected chi connectivity index (χ1v) is 12.1. The Bertz CT molecular complexity index is 1000. The summed E-state index contributed by atoms with van der Waals surface area (Å²) in [5, 5.41) is 0. The molecule has 2 aliphatic heterocycles. The van der Waals surface area contributed by atoms with E-state index in [-0.39, 0.29) is 29.9 Å². The molecule has 2 saturated heterocycles. The highest BCUT2D eigenvalue weighted by molar-refractivity contribution is 7.89. The third-order valence-electron chi connectivity index (χ3n) is 5.93. The van der Waals surface area contributed by atoms with Crippen molar-refractivity contribution in [3.63, 3.8) is 0 Å². The van der Waals surface area contributed by atoms with E-state index in [1.54, 1.807) is 29.2 Å². The highest BCUT2D eigenvalue weighted by Crippen LogP contribution is 2.38. The molecule has 0 N–H and O–H groups in total. The molecule has 0 bridgehead atoms. The van der Waals surface area contributed by atoms with E-state index >= 15 is 0 Å². The molecule has 0 saturated carbocycles. The molecule has 0 aromatic heterocycles. The molecule has 2 aromatic carbocycles. The van der Waals surface area contributed by atoms with E-state index in [1.165, 1.54) is 4.31 Å². The van der Waals surface area contributed by atoms with Gasteiger partial charge in [0.2, 0.25) is 15.9 Å². The SMILES string of the molecule is Cc1ccc(S(=O)(=O)N2CC(C)N(C(=O)CN3CCOCC3)C2c2ccccc2)cc1. The number of rotatable bonds is 5. The summed E-state index contributed by atoms with van der Waals surface area (Å²) in [5.41, 5.74) is 1.79. The molecular weight excluding hydrogens is 414 g/mol. The maximum Gasteiger partial charge on any atom is 0.245 e. The molecule has 0 spiro atoms. The molecule has 7 nitrogen and oxygen atoms in total. The van der Waals surface area contributed by atoms with Crippen molar-refractivity contribution < 1.29 is 17.9 Å². The monoisotopic (exact) mass is 443 g/mol. The molecule has 0 radical (unpaired) electrons. The normalized spacial score (nSPS) is 23.2. The fourth-order valence-corrected chi connectivity index (χ4v) is 5.92. The molecular formula is C23H29N3O4S. The average Bonchev–Trinajstić information content (AvgIpc) is 3.13. The van der Waals surface area contributed by atoms with Crippen LogP contribution in [0.4, 0.5) is 0 Å². The van der Waals surface area contributed by atoms with Gasteiger partial charge in [0.05, 0.1) is 24.7 Å². The van der Waals surface area contributed by atoms with Crippen LogP contribution in [0.2, 0.25) is 0 Å². The first-order chi connectivity index (χ1) is 14.9. The lowest BCUT2D eigenvalue weighted by molar-refractivity contribution is -0.137. The summed E-state index contributed by atoms with van der Waals surface area (Å²) in [6.07, 6.45) is -0.670. The quantitative estimate of drug-likeness (QED) is 0.709. The van der Waals surface area contributed by atoms with Gasteiger partial charge in [-0.05, 0) is 31.5 Å². The predicted octanol–water partition coefficient (Wildman–Crippen LogP) is 2.25. The number of amides is 1. The van der Waals surface area contributed by atoms with E-state index < -0.39 is 16.2 Å². The highest BCUT2D eigenvalue weighted by atomic mass is 32.2. The van der Waals surface area contributed by atoms with Crippen molar-refractivity contribution in [3.8, 4) is 0 Å². The van der Waals surface area contributed by atoms with Gasteiger partial charge in [0, 0.05) is 25.7 Å². The van der Waals surface area contributed by atoms with Crippen LogP contribution in [0.15, 0.2) is 59.5 Å². The second kappa shape index (κ2) is 9.08. The van der Waals surface area contributed by atoms with E-state index in [1.807, 2.05) is 44.2 Å². The lowest BCUT2D eigenvalue weighted by Gasteiger charge is -2.34. The number of morpholine rings is 1. The second-order valence-electron chi connectivity index (χ2n) is 8.21. The number of benzene rings is 2. The van der Waals surface area contributed by atoms with Crippen molar-refractivity contribution in [2.75, 3.05) is 39.4 Å². The molecule has 0 aliphatic carbocycles. The molecule has 166 valence electrons. The van der Waals surface area contributed by atoms with Crippen LogP contribution in [-0.2, 0) is 19.6 Å². The number of nitrogens with zero attached hydrogens (tertiary/aromatic N) is 3. The minimum absolute atomic E-state index is 0.0649. The Labute approximate surface area is 184 Å². The van der Waals surface area contributed by atoms with Crippen molar-refractivity contribution in [2.45, 2.75) is 31.0 Å². The van der Waals surface area contributed by atoms with Crippen LogP contribution in [0.25, 0.3) is 0 Å². The van der Waals surface area contributed by atoms with Gasteiger partial charge in [-0.3, -0.25) is 9.69 Å². The van der Waals surface area contributed by atoms with Crippen LogP contribution in [0.1, 0.15) is 24.2 Å². The lowest BCUT2D eigenvalue weighted by atomic mass is 10.1. The summed E-state index contributed by atoms with van der Waals surface area (Å²) in [4.78, 5) is 17.4. The zero-order valence-electron chi connectivity index (χ0n) is 18.0. The number of ether oxygens (including phenoxy) is 1. The summed E-state index contributed by atoms with van der Waals surface area (Å²) in [5.74, 6) is -0.0649. The first kappa shape index (κ1) is 22.0. The molecule has 1 amide bonds. The second-order valence-corrected chi connectivity index (χ2v) is 10.1. The zero-order chi connectivity index (χ0) is 22.0. The number of sulfonamides is 1. The van der Waals surface area contributed by atoms with Crippen LogP contribution >= 0.6 is 0 Å². The topological polar surface area (TPSA) is 70.2 Å². The zero-order valence-corrected chi connectivity index (χ0v) is 18.8. The maximum atomic E-state index is 13.6. The highest BCUT2D eigenvalue weighted by Gasteiger charge is 2.47. The minimum atomic E-state index is -3.78. The van der Waals surface area contributed by atoms with Crippen LogP contribution < -0.4 is 0 Å². The molecule has 4 rings (SSSR count). The van der Waals surface area contributed by atoms with Gasteiger partial charge in [-0.25, -0.2) is 8.42 Å². The fraction of sp³-hybridized carbons (Fsp3) is 0.435. The summed E-state index contributed by atoms with van der Waals surface area (Å²) in [6, 6.07) is 16.0. The lowest BCUT2D eigenvalue weighted by Crippen LogP contribution is -2.47. The van der Waals surface area contributed by atoms with Crippen molar-refractivity contribution in [2.24, 2.45) is 0 Å². The molecule has 2 fully saturated rings. The van der Waals surface area contributed by atoms with E-state index in [2.05, 4.69) is 4.90 Å². The number of aryl methyl sites for hydroxylation is 1. The third kappa shape index (κ3) is 4.52. The molecule has 31 heavy (non-hydrogen) atoms. The first-order valence-electron chi connectivity index (χ1n) is 10.6. The standard InChI is InChI=1S/C23H29N3O4S/c1-18-8-10-21(11-9-18)31(28,29)25-16-19(2)26(23(25)20-6-4-3-5-7-20)22(27)17-24-12-14-30-15-13-24/h3-11,19,23H,12-17H2,1-2H3. The molecule has 8 heteroatoms. The summed E-state index contributed by atoms with van der Waals surface area (Å²) in [7, 11) is -3.78. The third-order valence-corrected chi connectivity index (χ3v) is 7.77. The molecule has 2 atom stereocenters. The van der Waals surface area contributed by atoms with Gasteiger partial charge in [-0.2, -0.15) is 4.31 Å². The number of hydrogen-bond donors (Lipinski definition) is 0. The van der Waals surface area contributed by atoms with E-state index in [9.17, 15) is 13.2 Å². The molecule has 2 aliphatic rings. The number of hydrogen-bond acceptors (Lipinski definition) is 5. The summed E-state index contributed by atoms with van der Waals surface area (Å²) < 4.78 is 34.0. The van der Waals surface area contributed by atoms with Gasteiger partial charge in [0.15, 0.2) is 0 Å². The Balaban J connectivity index is 1.68. The summed E-state index contributed by atoms with van der Waals surface area (Å²) >= 11 is 0. The van der Waals surface area contributed by atoms with Crippen LogP contribution in [0.5, 0.6) is 0 Å². The molecule has 2 aromatic rings. The van der Waals surface area contributed by atoms with Crippen LogP contribution in [-0.4, -0.2) is 73.9 Å². The minimum Gasteiger partial charge on any atom is -0.379 e. The average molecular weight is 444 g/mol. The molecule has 2 heterocycles. The van der Waals surface area contributed by atoms with Gasteiger partial charge in [-0.15, -0.1) is 0 Å². The van der Waals surface area contributed by atoms with Gasteiger partial charge in [0.1, 0.15) is 6.17 Å². The van der Waals surface area contributed by atoms with Crippen molar-refractivity contribution in [1.82, 2.24) is 14.1 Å². The number of carbonyl (C=O) groups is 1. The maximum absolute atomic E-state index is 13.6. The van der Waals surface area contributed by atoms with Crippen molar-refractivity contribution in [3.05, 3.63) is 65.7 Å². The largest absolute Gasteiger partial charge is 0.379 e. The van der Waals surface area contributed by atoms with Gasteiger partial charge < -0.3 is 9.64 Å². The fourth-order valence-electron chi connectivity index (χ4n) is 4.27. The van der Waals surface area contributed by atoms with Crippen LogP contribution in [0, 0.1) is 6.92 Å². The Kier molecular flexibility index (Phi) is 6.43. The van der Waals surface area contributed by atoms with Crippen LogP contribution in [0.3, 0.4) is 0 Å². The van der Waals surface area contributed by atoms with E-state index in [4.69, 9.17) is 4.74 Å². The van der Waals surface area contributed by atoms with Gasteiger partial charge >= 0.3 is 0 Å². The predicted molar refractivity (Wildman–Crippen MR) is 118 cm³/mol. The van der Waals surface area contributed by atoms with E-state index in [0.717, 1.165) is 11.1 Å². The smallest absolute Gasteiger partial charge is 0.245 e. The Morgan fingerprint density at radius 1 is 1.03 bits per heavy atom. The molecule has 2 unspecified atom stereocenters. The van der Waals surface area contributed by atoms with Gasteiger partial charge in [0.25, 0.3) is 0 Å². The van der Waals surface area contributed by atoms with E-state index in [0.29, 0.717) is 26.3 Å². The Morgan fingerprint density at radius 3 is 2.32 bits per heavy atom. The number of carbonyl (C=O) groups excluding carboxylic acids is 1. The summed E-state index contributed by atoms with van der Waals surface area (Å²) in [6.45, 7) is 6.98.